The number of hydrogen-bond acceptors (Lipinski definition) is 8. The molecule has 0 aromatic heterocycles. The summed E-state index contributed by atoms with van der Waals surface area (Å²) in [6.07, 6.45) is 4.32. The van der Waals surface area contributed by atoms with E-state index in [4.69, 9.17) is 40.1 Å². The fourth-order valence-corrected chi connectivity index (χ4v) is 2.80. The van der Waals surface area contributed by atoms with Gasteiger partial charge in [-0.1, -0.05) is 33.6 Å². The molecule has 0 aliphatic heterocycles. The van der Waals surface area contributed by atoms with Gasteiger partial charge in [0.25, 0.3) is 0 Å². The van der Waals surface area contributed by atoms with E-state index in [2.05, 4.69) is 13.8 Å². The molecule has 0 aromatic carbocycles. The van der Waals surface area contributed by atoms with E-state index in [1.165, 1.54) is 0 Å². The van der Waals surface area contributed by atoms with Crippen LogP contribution in [0.5, 0.6) is 0 Å². The molecule has 0 saturated carbocycles. The summed E-state index contributed by atoms with van der Waals surface area (Å²) in [5, 5.41) is 9.12. The van der Waals surface area contributed by atoms with Gasteiger partial charge in [0.1, 0.15) is 11.2 Å². The van der Waals surface area contributed by atoms with Gasteiger partial charge in [-0.3, -0.25) is 9.59 Å². The van der Waals surface area contributed by atoms with Crippen LogP contribution < -0.4 is 0 Å². The molecule has 2 unspecified atom stereocenters. The van der Waals surface area contributed by atoms with Crippen molar-refractivity contribution in [3.63, 3.8) is 0 Å². The van der Waals surface area contributed by atoms with Crippen LogP contribution in [0.1, 0.15) is 114 Å². The molecule has 214 valence electrons. The number of esters is 2. The Labute approximate surface area is 225 Å². The first-order valence-corrected chi connectivity index (χ1v) is 13.8. The lowest BCUT2D eigenvalue weighted by molar-refractivity contribution is -0.158. The Morgan fingerprint density at radius 3 is 1.64 bits per heavy atom. The number of carbonyl (C=O) groups excluding carboxylic acids is 2. The predicted molar refractivity (Wildman–Crippen MR) is 145 cm³/mol. The Balaban J connectivity index is 0. The average Bonchev–Trinajstić information content (AvgIpc) is 2.71. The van der Waals surface area contributed by atoms with Gasteiger partial charge in [-0.25, -0.2) is 0 Å². The van der Waals surface area contributed by atoms with Crippen molar-refractivity contribution in [2.45, 2.75) is 137 Å². The van der Waals surface area contributed by atoms with Crippen molar-refractivity contribution >= 4 is 30.9 Å². The van der Waals surface area contributed by atoms with Crippen molar-refractivity contribution in [3.05, 3.63) is 0 Å². The van der Waals surface area contributed by atoms with Crippen molar-refractivity contribution in [2.24, 2.45) is 0 Å². The first kappa shape index (κ1) is 37.3. The molecule has 0 radical (unpaired) electrons. The van der Waals surface area contributed by atoms with E-state index in [0.717, 1.165) is 25.7 Å². The lowest BCUT2D eigenvalue weighted by Gasteiger charge is -2.24. The van der Waals surface area contributed by atoms with E-state index in [0.29, 0.717) is 31.9 Å². The molecule has 2 atom stereocenters. The standard InChI is InChI=1S/C17H34BClO5.C9H18O3/c1-6-8-12-21-18(22-13-9-7-2)24-15(10-11-19)14-16(20)23-17(3,4)5;1-5-7(10)6-8(11)12-9(2,3)4/h15H,6-14H2,1-5H3;7,10H,5-6H2,1-4H3. The molecule has 0 saturated heterocycles. The Hall–Kier alpha value is -0.865. The summed E-state index contributed by atoms with van der Waals surface area (Å²) in [4.78, 5) is 23.1. The van der Waals surface area contributed by atoms with Gasteiger partial charge in [-0.15, -0.1) is 11.6 Å². The van der Waals surface area contributed by atoms with Gasteiger partial charge in [0.2, 0.25) is 0 Å². The van der Waals surface area contributed by atoms with Crippen LogP contribution in [0.3, 0.4) is 0 Å². The maximum absolute atomic E-state index is 12.0. The molecule has 36 heavy (non-hydrogen) atoms. The number of rotatable bonds is 17. The fraction of sp³-hybridized carbons (Fsp3) is 0.923. The van der Waals surface area contributed by atoms with E-state index in [1.807, 2.05) is 48.5 Å². The summed E-state index contributed by atoms with van der Waals surface area (Å²) in [6, 6.07) is 0. The van der Waals surface area contributed by atoms with E-state index in [1.54, 1.807) is 0 Å². The molecule has 0 aliphatic rings. The quantitative estimate of drug-likeness (QED) is 0.107. The number of carbonyl (C=O) groups is 2. The van der Waals surface area contributed by atoms with Crippen molar-refractivity contribution in [3.8, 4) is 0 Å². The SMILES string of the molecule is CCC(O)CC(=O)OC(C)(C)C.CCCCOB(OCCCC)OC(CCCl)CC(=O)OC(C)(C)C. The first-order chi connectivity index (χ1) is 16.7. The molecule has 0 rings (SSSR count). The summed E-state index contributed by atoms with van der Waals surface area (Å²) in [5.41, 5.74) is -0.970. The van der Waals surface area contributed by atoms with Gasteiger partial charge >= 0.3 is 19.3 Å². The molecular weight excluding hydrogens is 487 g/mol. The number of ether oxygens (including phenoxy) is 2. The predicted octanol–water partition coefficient (Wildman–Crippen LogP) is 5.84. The van der Waals surface area contributed by atoms with E-state index in [-0.39, 0.29) is 30.9 Å². The summed E-state index contributed by atoms with van der Waals surface area (Å²) in [7, 11) is -0.765. The maximum Gasteiger partial charge on any atom is 0.639 e. The van der Waals surface area contributed by atoms with Gasteiger partial charge in [0, 0.05) is 19.1 Å². The van der Waals surface area contributed by atoms with Gasteiger partial charge in [-0.05, 0) is 67.2 Å². The second-order valence-corrected chi connectivity index (χ2v) is 11.0. The molecule has 0 spiro atoms. The van der Waals surface area contributed by atoms with Crippen LogP contribution in [0.25, 0.3) is 0 Å². The zero-order valence-corrected chi connectivity index (χ0v) is 24.9. The summed E-state index contributed by atoms with van der Waals surface area (Å²) in [6.45, 7) is 18.1. The minimum absolute atomic E-state index is 0.0910. The molecular formula is C26H52BClO8. The van der Waals surface area contributed by atoms with Crippen LogP contribution in [0.2, 0.25) is 0 Å². The number of alkyl halides is 1. The third-order valence-corrected chi connectivity index (χ3v) is 4.56. The fourth-order valence-electron chi connectivity index (χ4n) is 2.56. The normalized spacial score (nSPS) is 13.3. The average molecular weight is 539 g/mol. The molecule has 0 amide bonds. The summed E-state index contributed by atoms with van der Waals surface area (Å²) >= 11 is 5.84. The highest BCUT2D eigenvalue weighted by Gasteiger charge is 2.28. The van der Waals surface area contributed by atoms with Crippen LogP contribution in [-0.4, -0.2) is 66.9 Å². The highest BCUT2D eigenvalue weighted by molar-refractivity contribution is 6.36. The van der Waals surface area contributed by atoms with E-state index in [9.17, 15) is 9.59 Å². The minimum Gasteiger partial charge on any atom is -0.460 e. The van der Waals surface area contributed by atoms with Crippen molar-refractivity contribution < 1.29 is 38.1 Å². The Kier molecular flexibility index (Phi) is 21.9. The molecule has 0 bridgehead atoms. The van der Waals surface area contributed by atoms with Gasteiger partial charge < -0.3 is 28.5 Å². The number of unbranched alkanes of at least 4 members (excludes halogenated alkanes) is 2. The lowest BCUT2D eigenvalue weighted by atomic mass is 10.1. The number of halogens is 1. The Bertz CT molecular complexity index is 553. The Morgan fingerprint density at radius 2 is 1.28 bits per heavy atom. The van der Waals surface area contributed by atoms with Crippen molar-refractivity contribution in [2.75, 3.05) is 19.1 Å². The number of hydrogen-bond donors (Lipinski definition) is 1. The molecule has 0 aromatic rings. The van der Waals surface area contributed by atoms with Crippen LogP contribution in [0, 0.1) is 0 Å². The highest BCUT2D eigenvalue weighted by Crippen LogP contribution is 2.15. The topological polar surface area (TPSA) is 101 Å². The van der Waals surface area contributed by atoms with E-state index < -0.39 is 24.6 Å². The monoisotopic (exact) mass is 538 g/mol. The summed E-state index contributed by atoms with van der Waals surface area (Å²) in [5.74, 6) is -0.250. The molecule has 10 heteroatoms. The van der Waals surface area contributed by atoms with Gasteiger partial charge in [0.05, 0.1) is 25.0 Å². The van der Waals surface area contributed by atoms with Crippen LogP contribution in [0.4, 0.5) is 0 Å². The molecule has 1 N–H and O–H groups in total. The second kappa shape index (κ2) is 21.1. The first-order valence-electron chi connectivity index (χ1n) is 13.2. The van der Waals surface area contributed by atoms with Crippen LogP contribution >= 0.6 is 11.6 Å². The molecule has 8 nitrogen and oxygen atoms in total. The molecule has 0 aliphatic carbocycles. The summed E-state index contributed by atoms with van der Waals surface area (Å²) < 4.78 is 27.5. The number of aliphatic hydroxyl groups is 1. The Morgan fingerprint density at radius 1 is 0.833 bits per heavy atom. The smallest absolute Gasteiger partial charge is 0.460 e. The van der Waals surface area contributed by atoms with Crippen molar-refractivity contribution in [1.29, 1.82) is 0 Å². The molecule has 0 heterocycles. The second-order valence-electron chi connectivity index (χ2n) is 10.6. The van der Waals surface area contributed by atoms with E-state index >= 15 is 0 Å². The molecule has 0 fully saturated rings. The van der Waals surface area contributed by atoms with Gasteiger partial charge in [-0.2, -0.15) is 0 Å². The number of aliphatic hydroxyl groups excluding tert-OH is 1. The minimum atomic E-state index is -0.765. The largest absolute Gasteiger partial charge is 0.639 e. The zero-order chi connectivity index (χ0) is 28.2. The maximum atomic E-state index is 12.0. The lowest BCUT2D eigenvalue weighted by Crippen LogP contribution is -2.35. The highest BCUT2D eigenvalue weighted by atomic mass is 35.5. The van der Waals surface area contributed by atoms with Crippen LogP contribution in [0.15, 0.2) is 0 Å². The van der Waals surface area contributed by atoms with Crippen molar-refractivity contribution in [1.82, 2.24) is 0 Å². The van der Waals surface area contributed by atoms with Crippen LogP contribution in [-0.2, 0) is 33.0 Å². The zero-order valence-electron chi connectivity index (χ0n) is 24.2. The third kappa shape index (κ3) is 26.2. The third-order valence-electron chi connectivity index (χ3n) is 4.35. The van der Waals surface area contributed by atoms with Gasteiger partial charge in [0.15, 0.2) is 0 Å².